The fraction of sp³-hybridized carbons (Fsp3) is 0.646. The highest BCUT2D eigenvalue weighted by Gasteiger charge is 2.54. The van der Waals surface area contributed by atoms with Crippen LogP contribution in [0, 0.1) is 0 Å². The van der Waals surface area contributed by atoms with Crippen molar-refractivity contribution in [1.29, 1.82) is 0 Å². The van der Waals surface area contributed by atoms with E-state index in [1.165, 1.54) is 6.92 Å². The van der Waals surface area contributed by atoms with Gasteiger partial charge in [-0.3, -0.25) is 24.0 Å². The second-order valence-corrected chi connectivity index (χ2v) is 17.7. The fourth-order valence-corrected chi connectivity index (χ4v) is 8.30. The van der Waals surface area contributed by atoms with Crippen molar-refractivity contribution < 1.29 is 103 Å². The number of carbonyl (C=O) groups excluding carboxylic acids is 5. The Morgan fingerprint density at radius 2 is 1.25 bits per heavy atom. The minimum Gasteiger partial charge on any atom is -0.486 e. The molecule has 24 nitrogen and oxygen atoms in total. The number of unbranched alkanes of at least 4 members (excludes halogenated alkanes) is 1. The van der Waals surface area contributed by atoms with Crippen LogP contribution in [0.25, 0.3) is 11.1 Å². The van der Waals surface area contributed by atoms with Crippen LogP contribution in [0.2, 0.25) is 0 Å². The third kappa shape index (κ3) is 16.2. The van der Waals surface area contributed by atoms with Crippen molar-refractivity contribution in [1.82, 2.24) is 16.0 Å². The van der Waals surface area contributed by atoms with E-state index in [-0.39, 0.29) is 62.3 Å². The molecule has 72 heavy (non-hydrogen) atoms. The van der Waals surface area contributed by atoms with Gasteiger partial charge in [-0.05, 0) is 55.0 Å². The van der Waals surface area contributed by atoms with E-state index in [0.29, 0.717) is 43.5 Å². The van der Waals surface area contributed by atoms with Crippen LogP contribution in [0.15, 0.2) is 48.5 Å². The molecule has 0 bridgehead atoms. The van der Waals surface area contributed by atoms with Gasteiger partial charge in [0.1, 0.15) is 85.5 Å². The Labute approximate surface area is 415 Å². The maximum absolute atomic E-state index is 12.9. The summed E-state index contributed by atoms with van der Waals surface area (Å²) >= 11 is 0. The first-order valence-electron chi connectivity index (χ1n) is 23.9. The average Bonchev–Trinajstić information content (AvgIpc) is 3.37. The number of hydrogen-bond acceptors (Lipinski definition) is 21. The largest absolute Gasteiger partial charge is 0.486 e. The summed E-state index contributed by atoms with van der Waals surface area (Å²) in [5, 5.41) is 102. The second-order valence-electron chi connectivity index (χ2n) is 17.7. The number of ether oxygens (including phenoxy) is 7. The molecule has 0 radical (unpaired) electrons. The van der Waals surface area contributed by atoms with Gasteiger partial charge in [0, 0.05) is 58.4 Å². The molecular formula is C48H69N3O21. The summed E-state index contributed by atoms with van der Waals surface area (Å²) in [7, 11) is 1.54. The van der Waals surface area contributed by atoms with Gasteiger partial charge in [-0.15, -0.1) is 0 Å². The van der Waals surface area contributed by atoms with E-state index in [4.69, 9.17) is 33.2 Å². The number of nitrogens with one attached hydrogen (secondary N) is 3. The third-order valence-corrected chi connectivity index (χ3v) is 12.4. The Kier molecular flexibility index (Phi) is 23.3. The summed E-state index contributed by atoms with van der Waals surface area (Å²) in [6.07, 6.45) is -21.1. The van der Waals surface area contributed by atoms with Gasteiger partial charge in [0.05, 0.1) is 19.8 Å². The molecule has 2 aromatic rings. The quantitative estimate of drug-likeness (QED) is 0.0315. The Balaban J connectivity index is 1.06. The van der Waals surface area contributed by atoms with Crippen molar-refractivity contribution in [3.63, 3.8) is 0 Å². The summed E-state index contributed by atoms with van der Waals surface area (Å²) in [5.41, 5.74) is 2.15. The molecule has 0 spiro atoms. The highest BCUT2D eigenvalue weighted by Crippen LogP contribution is 2.33. The smallest absolute Gasteiger partial charge is 0.220 e. The van der Waals surface area contributed by atoms with E-state index < -0.39 is 118 Å². The molecule has 0 aliphatic carbocycles. The summed E-state index contributed by atoms with van der Waals surface area (Å²) in [6, 6.07) is 12.9. The zero-order valence-corrected chi connectivity index (χ0v) is 40.1. The normalized spacial score (nSPS) is 30.5. The maximum Gasteiger partial charge on any atom is 0.220 e. The van der Waals surface area contributed by atoms with Gasteiger partial charge in [0.2, 0.25) is 17.7 Å². The van der Waals surface area contributed by atoms with Crippen molar-refractivity contribution in [2.45, 2.75) is 150 Å². The molecule has 402 valence electrons. The number of amides is 3. The molecule has 6 unspecified atom stereocenters. The van der Waals surface area contributed by atoms with Gasteiger partial charge in [0.25, 0.3) is 0 Å². The van der Waals surface area contributed by atoms with Gasteiger partial charge in [-0.2, -0.15) is 0 Å². The molecule has 3 aliphatic rings. The molecule has 3 aliphatic heterocycles. The number of Topliss-reactive ketones (excluding diaryl/α,β-unsaturated/α-hetero) is 2. The minimum atomic E-state index is -1.97. The van der Waals surface area contributed by atoms with Crippen molar-refractivity contribution >= 4 is 29.3 Å². The fourth-order valence-electron chi connectivity index (χ4n) is 8.30. The lowest BCUT2D eigenvalue weighted by molar-refractivity contribution is -0.376. The van der Waals surface area contributed by atoms with Crippen molar-refractivity contribution in [3.05, 3.63) is 54.1 Å². The van der Waals surface area contributed by atoms with E-state index in [1.807, 2.05) is 6.07 Å². The highest BCUT2D eigenvalue weighted by atomic mass is 16.8. The molecule has 0 aromatic heterocycles. The number of benzene rings is 2. The molecule has 3 heterocycles. The predicted molar refractivity (Wildman–Crippen MR) is 247 cm³/mol. The summed E-state index contributed by atoms with van der Waals surface area (Å²) in [6.45, 7) is -1.14. The van der Waals surface area contributed by atoms with Gasteiger partial charge >= 0.3 is 0 Å². The Morgan fingerprint density at radius 1 is 0.611 bits per heavy atom. The lowest BCUT2D eigenvalue weighted by Gasteiger charge is -2.48. The SMILES string of the molecule is CNC(=O)CCCC(=O)NCCCC(=O)c1cccc(-c2ccc(OCC(=O)CCCCO[C@@H]3OC(CO)[C@@H](O[C@@H]4OC(CO)[C@H](O)[C@H](O[C@H]5OC(CO)[C@H](O)[C@H](O)C5O)C4O)[C@H](O)C3NC(C)=O)cc2)c1. The first-order chi connectivity index (χ1) is 34.5. The van der Waals surface area contributed by atoms with E-state index in [0.717, 1.165) is 11.1 Å². The molecule has 3 saturated heterocycles. The lowest BCUT2D eigenvalue weighted by Crippen LogP contribution is -2.68. The second kappa shape index (κ2) is 28.7. The summed E-state index contributed by atoms with van der Waals surface area (Å²) in [5.74, 6) is -0.719. The number of rotatable bonds is 27. The molecule has 2 aromatic carbocycles. The molecule has 24 heteroatoms. The summed E-state index contributed by atoms with van der Waals surface area (Å²) < 4.78 is 39.9. The third-order valence-electron chi connectivity index (χ3n) is 12.4. The van der Waals surface area contributed by atoms with E-state index in [9.17, 15) is 69.9 Å². The first kappa shape index (κ1) is 58.3. The van der Waals surface area contributed by atoms with Crippen LogP contribution in [0.5, 0.6) is 5.75 Å². The number of hydrogen-bond donors (Lipinski definition) is 12. The van der Waals surface area contributed by atoms with E-state index in [1.54, 1.807) is 49.5 Å². The van der Waals surface area contributed by atoms with Crippen LogP contribution in [-0.4, -0.2) is 214 Å². The number of aliphatic hydroxyl groups is 9. The van der Waals surface area contributed by atoms with Crippen molar-refractivity contribution in [3.8, 4) is 16.9 Å². The predicted octanol–water partition coefficient (Wildman–Crippen LogP) is -2.92. The molecule has 3 amide bonds. The Morgan fingerprint density at radius 3 is 1.92 bits per heavy atom. The average molecular weight is 1020 g/mol. The van der Waals surface area contributed by atoms with E-state index in [2.05, 4.69) is 16.0 Å². The van der Waals surface area contributed by atoms with Crippen LogP contribution in [-0.2, 0) is 47.6 Å². The number of ketones is 2. The topological polar surface area (TPSA) is 368 Å². The standard InChI is InChI=1S/C48H69N3O21/c1-25(55)51-37-40(62)44(71-48-43(65)45(39(61)33(22-53)69-48)72-47-42(64)41(63)38(60)32(21-52)68-47)34(23-54)70-46(37)66-19-4-3-10-29(56)24-67-30-16-14-26(15-17-30)27-8-5-9-28(20-27)31(57)11-7-18-50-36(59)13-6-12-35(58)49-2/h5,8-9,14-17,20,32-34,37-48,52-54,60-65H,3-4,6-7,10-13,18-19,21-24H2,1-2H3,(H,49,58)(H,50,59)(H,51,55)/t32?,33?,34?,37?,38-,39-,40+,41-,42?,43?,44+,45-,46+,47+,48-/m0/s1. The van der Waals surface area contributed by atoms with Gasteiger partial charge < -0.3 is 95.1 Å². The molecule has 12 N–H and O–H groups in total. The monoisotopic (exact) mass is 1020 g/mol. The van der Waals surface area contributed by atoms with Crippen LogP contribution in [0.1, 0.15) is 68.6 Å². The van der Waals surface area contributed by atoms with Gasteiger partial charge in [-0.25, -0.2) is 0 Å². The zero-order valence-electron chi connectivity index (χ0n) is 40.1. The Hall–Kier alpha value is -4.61. The first-order valence-corrected chi connectivity index (χ1v) is 23.9. The lowest BCUT2D eigenvalue weighted by atomic mass is 9.95. The van der Waals surface area contributed by atoms with Gasteiger partial charge in [-0.1, -0.05) is 30.3 Å². The number of aliphatic hydroxyl groups excluding tert-OH is 9. The molecule has 15 atom stereocenters. The summed E-state index contributed by atoms with van der Waals surface area (Å²) in [4.78, 5) is 61.2. The van der Waals surface area contributed by atoms with Crippen molar-refractivity contribution in [2.75, 3.05) is 46.6 Å². The zero-order chi connectivity index (χ0) is 52.5. The van der Waals surface area contributed by atoms with Crippen molar-refractivity contribution in [2.24, 2.45) is 0 Å². The highest BCUT2D eigenvalue weighted by molar-refractivity contribution is 5.97. The minimum absolute atomic E-state index is 0.0161. The van der Waals surface area contributed by atoms with Crippen LogP contribution < -0.4 is 20.7 Å². The van der Waals surface area contributed by atoms with Crippen LogP contribution in [0.3, 0.4) is 0 Å². The van der Waals surface area contributed by atoms with Gasteiger partial charge in [0.15, 0.2) is 30.4 Å². The number of carbonyl (C=O) groups is 5. The van der Waals surface area contributed by atoms with Crippen LogP contribution >= 0.6 is 0 Å². The Bertz CT molecular complexity index is 2050. The van der Waals surface area contributed by atoms with E-state index >= 15 is 0 Å². The molecule has 3 fully saturated rings. The molecule has 5 rings (SSSR count). The molecular weight excluding hydrogens is 955 g/mol. The maximum atomic E-state index is 12.9. The van der Waals surface area contributed by atoms with Crippen LogP contribution in [0.4, 0.5) is 0 Å². The molecule has 0 saturated carbocycles.